The first-order valence-electron chi connectivity index (χ1n) is 7.78. The fraction of sp³-hybridized carbons (Fsp3) is 0.647. The van der Waals surface area contributed by atoms with Gasteiger partial charge in [0.15, 0.2) is 0 Å². The number of hydrogen-bond acceptors (Lipinski definition) is 3. The van der Waals surface area contributed by atoms with Crippen LogP contribution in [0.25, 0.3) is 0 Å². The van der Waals surface area contributed by atoms with Gasteiger partial charge in [-0.25, -0.2) is 0 Å². The highest BCUT2D eigenvalue weighted by atomic mass is 16.5. The molecule has 1 aromatic rings. The average Bonchev–Trinajstić information content (AvgIpc) is 2.51. The molecule has 20 heavy (non-hydrogen) atoms. The molecule has 114 valence electrons. The second-order valence-corrected chi connectivity index (χ2v) is 5.26. The lowest BCUT2D eigenvalue weighted by atomic mass is 10.0. The zero-order chi connectivity index (χ0) is 15.0. The Bertz CT molecular complexity index is 360. The highest BCUT2D eigenvalue weighted by Gasteiger charge is 2.15. The summed E-state index contributed by atoms with van der Waals surface area (Å²) in [6.07, 6.45) is 3.27. The van der Waals surface area contributed by atoms with Gasteiger partial charge in [0, 0.05) is 31.4 Å². The quantitative estimate of drug-likeness (QED) is 0.748. The number of rotatable bonds is 9. The molecule has 3 heteroatoms. The Morgan fingerprint density at radius 1 is 1.05 bits per heavy atom. The van der Waals surface area contributed by atoms with Gasteiger partial charge in [0.05, 0.1) is 6.61 Å². The fourth-order valence-corrected chi connectivity index (χ4v) is 2.59. The van der Waals surface area contributed by atoms with Crippen LogP contribution in [0.4, 0.5) is 5.69 Å². The Balaban J connectivity index is 2.89. The fourth-order valence-electron chi connectivity index (χ4n) is 2.59. The van der Waals surface area contributed by atoms with Gasteiger partial charge < -0.3 is 15.4 Å². The van der Waals surface area contributed by atoms with E-state index in [2.05, 4.69) is 49.9 Å². The molecule has 0 aliphatic carbocycles. The summed E-state index contributed by atoms with van der Waals surface area (Å²) in [5.74, 6) is 0. The largest absolute Gasteiger partial charge is 0.383 e. The minimum atomic E-state index is 0.143. The van der Waals surface area contributed by atoms with Crippen molar-refractivity contribution in [1.29, 1.82) is 0 Å². The molecule has 0 bridgehead atoms. The van der Waals surface area contributed by atoms with E-state index in [1.165, 1.54) is 11.3 Å². The lowest BCUT2D eigenvalue weighted by Gasteiger charge is -2.32. The van der Waals surface area contributed by atoms with Gasteiger partial charge in [0.25, 0.3) is 0 Å². The van der Waals surface area contributed by atoms with Crippen LogP contribution in [-0.2, 0) is 4.74 Å². The molecule has 1 aromatic carbocycles. The Hall–Kier alpha value is -1.06. The summed E-state index contributed by atoms with van der Waals surface area (Å²) in [6, 6.07) is 9.41. The van der Waals surface area contributed by atoms with Gasteiger partial charge in [0.2, 0.25) is 0 Å². The number of benzene rings is 1. The van der Waals surface area contributed by atoms with Crippen LogP contribution in [0, 0.1) is 0 Å². The Morgan fingerprint density at radius 2 is 1.65 bits per heavy atom. The van der Waals surface area contributed by atoms with E-state index in [0.717, 1.165) is 32.4 Å². The molecule has 0 amide bonds. The van der Waals surface area contributed by atoms with Gasteiger partial charge in [-0.3, -0.25) is 0 Å². The van der Waals surface area contributed by atoms with Crippen LogP contribution in [0.1, 0.15) is 51.6 Å². The molecule has 0 saturated heterocycles. The molecule has 2 N–H and O–H groups in total. The predicted molar refractivity (Wildman–Crippen MR) is 87.3 cm³/mol. The third-order valence-electron chi connectivity index (χ3n) is 4.01. The maximum atomic E-state index is 6.08. The van der Waals surface area contributed by atoms with Gasteiger partial charge in [0.1, 0.15) is 0 Å². The predicted octanol–water partition coefficient (Wildman–Crippen LogP) is 3.74. The van der Waals surface area contributed by atoms with E-state index >= 15 is 0 Å². The van der Waals surface area contributed by atoms with Gasteiger partial charge in [-0.2, -0.15) is 0 Å². The van der Waals surface area contributed by atoms with E-state index in [9.17, 15) is 0 Å². The number of methoxy groups -OCH3 is 1. The average molecular weight is 278 g/mol. The van der Waals surface area contributed by atoms with Crippen molar-refractivity contribution in [1.82, 2.24) is 0 Å². The van der Waals surface area contributed by atoms with Crippen molar-refractivity contribution in [3.8, 4) is 0 Å². The number of nitrogens with two attached hydrogens (primary N) is 1. The molecule has 1 unspecified atom stereocenters. The number of ether oxygens (including phenoxy) is 1. The topological polar surface area (TPSA) is 38.5 Å². The Labute approximate surface area is 124 Å². The van der Waals surface area contributed by atoms with Crippen LogP contribution in [0.2, 0.25) is 0 Å². The third-order valence-corrected chi connectivity index (χ3v) is 4.01. The summed E-state index contributed by atoms with van der Waals surface area (Å²) in [5, 5.41) is 0. The Morgan fingerprint density at radius 3 is 2.10 bits per heavy atom. The van der Waals surface area contributed by atoms with E-state index in [1.54, 1.807) is 7.11 Å². The second kappa shape index (κ2) is 8.98. The summed E-state index contributed by atoms with van der Waals surface area (Å²) in [4.78, 5) is 2.45. The zero-order valence-corrected chi connectivity index (χ0v) is 13.4. The van der Waals surface area contributed by atoms with Crippen molar-refractivity contribution in [3.05, 3.63) is 29.8 Å². The van der Waals surface area contributed by atoms with E-state index in [4.69, 9.17) is 10.5 Å². The molecule has 0 fully saturated rings. The van der Waals surface area contributed by atoms with E-state index in [-0.39, 0.29) is 6.04 Å². The molecule has 1 atom stereocenters. The monoisotopic (exact) mass is 278 g/mol. The first kappa shape index (κ1) is 17.0. The number of hydrogen-bond donors (Lipinski definition) is 1. The second-order valence-electron chi connectivity index (χ2n) is 5.26. The summed E-state index contributed by atoms with van der Waals surface area (Å²) in [5.41, 5.74) is 8.56. The molecule has 3 nitrogen and oxygen atoms in total. The molecule has 0 saturated carbocycles. The minimum Gasteiger partial charge on any atom is -0.383 e. The molecule has 0 heterocycles. The van der Waals surface area contributed by atoms with Crippen molar-refractivity contribution < 1.29 is 4.74 Å². The lowest BCUT2D eigenvalue weighted by Crippen LogP contribution is -2.37. The highest BCUT2D eigenvalue weighted by molar-refractivity contribution is 5.49. The van der Waals surface area contributed by atoms with Crippen LogP contribution in [0.15, 0.2) is 24.3 Å². The standard InChI is InChI=1S/C17H30N2O/c1-5-15(6-2)19(12-13-20-4)16-10-8-14(9-11-16)17(18)7-3/h8-11,15,17H,5-7,12-13,18H2,1-4H3. The van der Waals surface area contributed by atoms with Crippen LogP contribution >= 0.6 is 0 Å². The van der Waals surface area contributed by atoms with E-state index < -0.39 is 0 Å². The molecule has 0 radical (unpaired) electrons. The van der Waals surface area contributed by atoms with Crippen molar-refractivity contribution in [2.45, 2.75) is 52.1 Å². The summed E-state index contributed by atoms with van der Waals surface area (Å²) in [6.45, 7) is 8.30. The molecule has 0 aromatic heterocycles. The van der Waals surface area contributed by atoms with E-state index in [1.807, 2.05) is 0 Å². The molecular formula is C17H30N2O. The van der Waals surface area contributed by atoms with Gasteiger partial charge in [-0.1, -0.05) is 32.9 Å². The van der Waals surface area contributed by atoms with Crippen molar-refractivity contribution in [2.75, 3.05) is 25.2 Å². The lowest BCUT2D eigenvalue weighted by molar-refractivity contribution is 0.202. The van der Waals surface area contributed by atoms with Crippen LogP contribution in [0.5, 0.6) is 0 Å². The van der Waals surface area contributed by atoms with Crippen LogP contribution in [-0.4, -0.2) is 26.3 Å². The smallest absolute Gasteiger partial charge is 0.0637 e. The molecule has 0 aliphatic heterocycles. The van der Waals surface area contributed by atoms with Crippen molar-refractivity contribution in [2.24, 2.45) is 5.73 Å². The van der Waals surface area contributed by atoms with E-state index in [0.29, 0.717) is 6.04 Å². The third kappa shape index (κ3) is 4.50. The summed E-state index contributed by atoms with van der Waals surface area (Å²) >= 11 is 0. The van der Waals surface area contributed by atoms with Crippen LogP contribution < -0.4 is 10.6 Å². The summed E-state index contributed by atoms with van der Waals surface area (Å²) in [7, 11) is 1.76. The Kier molecular flexibility index (Phi) is 7.63. The zero-order valence-electron chi connectivity index (χ0n) is 13.4. The van der Waals surface area contributed by atoms with Crippen LogP contribution in [0.3, 0.4) is 0 Å². The normalized spacial score (nSPS) is 12.7. The van der Waals surface area contributed by atoms with Crippen molar-refractivity contribution >= 4 is 5.69 Å². The molecular weight excluding hydrogens is 248 g/mol. The SMILES string of the molecule is CCC(N)c1ccc(N(CCOC)C(CC)CC)cc1. The first-order chi connectivity index (χ1) is 9.67. The molecule has 1 rings (SSSR count). The maximum absolute atomic E-state index is 6.08. The first-order valence-corrected chi connectivity index (χ1v) is 7.78. The molecule has 0 aliphatic rings. The summed E-state index contributed by atoms with van der Waals surface area (Å²) < 4.78 is 5.25. The highest BCUT2D eigenvalue weighted by Crippen LogP contribution is 2.23. The molecule has 0 spiro atoms. The minimum absolute atomic E-state index is 0.143. The number of nitrogens with zero attached hydrogens (tertiary/aromatic N) is 1. The maximum Gasteiger partial charge on any atom is 0.0637 e. The van der Waals surface area contributed by atoms with Crippen molar-refractivity contribution in [3.63, 3.8) is 0 Å². The number of anilines is 1. The van der Waals surface area contributed by atoms with Gasteiger partial charge in [-0.05, 0) is 37.0 Å². The van der Waals surface area contributed by atoms with Gasteiger partial charge in [-0.15, -0.1) is 0 Å². The van der Waals surface area contributed by atoms with Gasteiger partial charge >= 0.3 is 0 Å².